The first-order valence-corrected chi connectivity index (χ1v) is 9.68. The van der Waals surface area contributed by atoms with Crippen LogP contribution in [0.2, 0.25) is 0 Å². The number of H-pyrrole nitrogens is 1. The van der Waals surface area contributed by atoms with Crippen molar-refractivity contribution in [2.24, 2.45) is 0 Å². The van der Waals surface area contributed by atoms with Crippen molar-refractivity contribution in [1.82, 2.24) is 9.88 Å². The lowest BCUT2D eigenvalue weighted by Gasteiger charge is -2.28. The van der Waals surface area contributed by atoms with Gasteiger partial charge in [-0.25, -0.2) is 9.18 Å². The van der Waals surface area contributed by atoms with Crippen LogP contribution in [0.3, 0.4) is 0 Å². The van der Waals surface area contributed by atoms with Crippen molar-refractivity contribution in [3.05, 3.63) is 58.2 Å². The first-order chi connectivity index (χ1) is 14.2. The summed E-state index contributed by atoms with van der Waals surface area (Å²) in [5.41, 5.74) is 1.83. The molecule has 8 heteroatoms. The summed E-state index contributed by atoms with van der Waals surface area (Å²) in [6.45, 7) is 7.29. The Morgan fingerprint density at radius 2 is 1.80 bits per heavy atom. The van der Waals surface area contributed by atoms with E-state index < -0.39 is 23.7 Å². The Bertz CT molecular complexity index is 920. The van der Waals surface area contributed by atoms with E-state index in [0.717, 1.165) is 0 Å². The number of hydrogen-bond acceptors (Lipinski definition) is 5. The fourth-order valence-corrected chi connectivity index (χ4v) is 3.30. The molecule has 0 aliphatic rings. The van der Waals surface area contributed by atoms with Crippen LogP contribution in [0, 0.1) is 19.7 Å². The fraction of sp³-hybridized carbons (Fsp3) is 0.409. The molecule has 1 N–H and O–H groups in total. The van der Waals surface area contributed by atoms with Gasteiger partial charge in [0.15, 0.2) is 5.78 Å². The van der Waals surface area contributed by atoms with Gasteiger partial charge < -0.3 is 19.4 Å². The van der Waals surface area contributed by atoms with Crippen LogP contribution in [-0.4, -0.2) is 60.5 Å². The lowest BCUT2D eigenvalue weighted by Crippen LogP contribution is -2.45. The standard InChI is InChI=1S/C22H27FN2O5/c1-6-30-22(28)19-13(2)18(14(3)24-19)20(26)15(4)25(11-12-29-5)21(27)16-7-9-17(23)10-8-16/h7-10,15,24H,6,11-12H2,1-5H3. The molecule has 0 saturated carbocycles. The van der Waals surface area contributed by atoms with E-state index in [1.165, 1.54) is 36.3 Å². The molecule has 1 atom stereocenters. The fourth-order valence-electron chi connectivity index (χ4n) is 3.30. The maximum absolute atomic E-state index is 13.3. The van der Waals surface area contributed by atoms with E-state index >= 15 is 0 Å². The SMILES string of the molecule is CCOC(=O)c1[nH]c(C)c(C(=O)C(C)N(CCOC)C(=O)c2ccc(F)cc2)c1C. The number of aryl methyl sites for hydroxylation is 1. The number of amides is 1. The van der Waals surface area contributed by atoms with Gasteiger partial charge in [0.2, 0.25) is 0 Å². The molecule has 0 spiro atoms. The number of aromatic nitrogens is 1. The van der Waals surface area contributed by atoms with Crippen molar-refractivity contribution >= 4 is 17.7 Å². The summed E-state index contributed by atoms with van der Waals surface area (Å²) in [7, 11) is 1.50. The number of ether oxygens (including phenoxy) is 2. The normalized spacial score (nSPS) is 11.8. The number of Topliss-reactive ketones (excluding diaryl/α,β-unsaturated/α-hetero) is 1. The number of esters is 1. The Kier molecular flexibility index (Phi) is 7.88. The maximum Gasteiger partial charge on any atom is 0.355 e. The third kappa shape index (κ3) is 4.94. The van der Waals surface area contributed by atoms with Gasteiger partial charge in [0.25, 0.3) is 5.91 Å². The van der Waals surface area contributed by atoms with E-state index in [1.807, 2.05) is 0 Å². The Hall–Kier alpha value is -3.00. The van der Waals surface area contributed by atoms with Gasteiger partial charge in [0.1, 0.15) is 11.5 Å². The van der Waals surface area contributed by atoms with Crippen LogP contribution in [0.15, 0.2) is 24.3 Å². The Labute approximate surface area is 175 Å². The van der Waals surface area contributed by atoms with Crippen molar-refractivity contribution in [1.29, 1.82) is 0 Å². The van der Waals surface area contributed by atoms with Gasteiger partial charge in [-0.05, 0) is 57.5 Å². The highest BCUT2D eigenvalue weighted by Crippen LogP contribution is 2.23. The molecule has 0 aliphatic carbocycles. The second-order valence-corrected chi connectivity index (χ2v) is 6.88. The molecule has 1 heterocycles. The van der Waals surface area contributed by atoms with Crippen molar-refractivity contribution in [2.75, 3.05) is 26.9 Å². The summed E-state index contributed by atoms with van der Waals surface area (Å²) < 4.78 is 23.4. The Morgan fingerprint density at radius 1 is 1.17 bits per heavy atom. The number of benzene rings is 1. The van der Waals surface area contributed by atoms with Crippen LogP contribution >= 0.6 is 0 Å². The third-order valence-corrected chi connectivity index (χ3v) is 4.90. The zero-order valence-electron chi connectivity index (χ0n) is 17.9. The lowest BCUT2D eigenvalue weighted by atomic mass is 9.99. The lowest BCUT2D eigenvalue weighted by molar-refractivity contribution is 0.0518. The molecule has 0 saturated heterocycles. The minimum Gasteiger partial charge on any atom is -0.461 e. The molecule has 0 bridgehead atoms. The minimum absolute atomic E-state index is 0.173. The third-order valence-electron chi connectivity index (χ3n) is 4.90. The molecule has 0 aliphatic heterocycles. The second-order valence-electron chi connectivity index (χ2n) is 6.88. The van der Waals surface area contributed by atoms with Gasteiger partial charge in [-0.2, -0.15) is 0 Å². The van der Waals surface area contributed by atoms with Crippen molar-refractivity contribution in [2.45, 2.75) is 33.7 Å². The Morgan fingerprint density at radius 3 is 2.37 bits per heavy atom. The predicted octanol–water partition coefficient (Wildman–Crippen LogP) is 3.31. The van der Waals surface area contributed by atoms with Crippen molar-refractivity contribution in [3.8, 4) is 0 Å². The Balaban J connectivity index is 2.37. The highest BCUT2D eigenvalue weighted by Gasteiger charge is 2.31. The van der Waals surface area contributed by atoms with Crippen LogP contribution in [0.1, 0.15) is 56.3 Å². The topological polar surface area (TPSA) is 88.7 Å². The number of nitrogens with one attached hydrogen (secondary N) is 1. The highest BCUT2D eigenvalue weighted by molar-refractivity contribution is 6.07. The number of nitrogens with zero attached hydrogens (tertiary/aromatic N) is 1. The molecule has 2 rings (SSSR count). The number of methoxy groups -OCH3 is 1. The average molecular weight is 418 g/mol. The van der Waals surface area contributed by atoms with Crippen LogP contribution in [0.4, 0.5) is 4.39 Å². The summed E-state index contributed by atoms with van der Waals surface area (Å²) in [4.78, 5) is 42.8. The number of hydrogen-bond donors (Lipinski definition) is 1. The van der Waals surface area contributed by atoms with Crippen molar-refractivity contribution < 1.29 is 28.2 Å². The van der Waals surface area contributed by atoms with Gasteiger partial charge in [0, 0.05) is 30.5 Å². The molecular formula is C22H27FN2O5. The minimum atomic E-state index is -0.832. The largest absolute Gasteiger partial charge is 0.461 e. The summed E-state index contributed by atoms with van der Waals surface area (Å²) >= 11 is 0. The summed E-state index contributed by atoms with van der Waals surface area (Å²) in [5, 5.41) is 0. The summed E-state index contributed by atoms with van der Waals surface area (Å²) in [5.74, 6) is -1.72. The van der Waals surface area contributed by atoms with Gasteiger partial charge in [-0.15, -0.1) is 0 Å². The number of carbonyl (C=O) groups excluding carboxylic acids is 3. The van der Waals surface area contributed by atoms with Crippen LogP contribution in [0.25, 0.3) is 0 Å². The van der Waals surface area contributed by atoms with Gasteiger partial charge in [-0.3, -0.25) is 9.59 Å². The van der Waals surface area contributed by atoms with E-state index in [2.05, 4.69) is 4.98 Å². The zero-order chi connectivity index (χ0) is 22.4. The van der Waals surface area contributed by atoms with E-state index in [9.17, 15) is 18.8 Å². The van der Waals surface area contributed by atoms with Gasteiger partial charge in [-0.1, -0.05) is 0 Å². The predicted molar refractivity (Wildman–Crippen MR) is 109 cm³/mol. The van der Waals surface area contributed by atoms with E-state index in [1.54, 1.807) is 27.7 Å². The molecule has 1 amide bonds. The maximum atomic E-state index is 13.3. The molecular weight excluding hydrogens is 391 g/mol. The molecule has 1 unspecified atom stereocenters. The monoisotopic (exact) mass is 418 g/mol. The zero-order valence-corrected chi connectivity index (χ0v) is 17.9. The molecule has 1 aromatic heterocycles. The molecule has 162 valence electrons. The first-order valence-electron chi connectivity index (χ1n) is 9.68. The van der Waals surface area contributed by atoms with E-state index in [0.29, 0.717) is 16.8 Å². The van der Waals surface area contributed by atoms with Crippen LogP contribution in [0.5, 0.6) is 0 Å². The number of halogens is 1. The molecule has 0 fully saturated rings. The van der Waals surface area contributed by atoms with Crippen LogP contribution < -0.4 is 0 Å². The quantitative estimate of drug-likeness (QED) is 0.499. The number of rotatable bonds is 9. The van der Waals surface area contributed by atoms with Crippen LogP contribution in [-0.2, 0) is 9.47 Å². The summed E-state index contributed by atoms with van der Waals surface area (Å²) in [6.07, 6.45) is 0. The molecule has 30 heavy (non-hydrogen) atoms. The van der Waals surface area contributed by atoms with Crippen molar-refractivity contribution in [3.63, 3.8) is 0 Å². The molecule has 1 aromatic carbocycles. The van der Waals surface area contributed by atoms with E-state index in [-0.39, 0.29) is 36.8 Å². The van der Waals surface area contributed by atoms with Gasteiger partial charge in [0.05, 0.1) is 19.3 Å². The number of ketones is 1. The smallest absolute Gasteiger partial charge is 0.355 e. The number of aromatic amines is 1. The number of carbonyl (C=O) groups is 3. The molecule has 0 radical (unpaired) electrons. The molecule has 7 nitrogen and oxygen atoms in total. The van der Waals surface area contributed by atoms with E-state index in [4.69, 9.17) is 9.47 Å². The highest BCUT2D eigenvalue weighted by atomic mass is 19.1. The summed E-state index contributed by atoms with van der Waals surface area (Å²) in [6, 6.07) is 4.31. The van der Waals surface area contributed by atoms with Gasteiger partial charge >= 0.3 is 5.97 Å². The molecule has 2 aromatic rings. The average Bonchev–Trinajstić information content (AvgIpc) is 3.02. The second kappa shape index (κ2) is 10.2. The first kappa shape index (κ1) is 23.3.